The van der Waals surface area contributed by atoms with E-state index in [0.29, 0.717) is 0 Å². The molecule has 1 aromatic heterocycles. The van der Waals surface area contributed by atoms with Gasteiger partial charge in [-0.1, -0.05) is 17.7 Å². The number of carbonyl (C=O) groups is 1. The minimum Gasteiger partial charge on any atom is -0.343 e. The first-order chi connectivity index (χ1) is 9.96. The van der Waals surface area contributed by atoms with E-state index in [4.69, 9.17) is 0 Å². The van der Waals surface area contributed by atoms with Crippen molar-refractivity contribution in [3.8, 4) is 0 Å². The molecule has 4 nitrogen and oxygen atoms in total. The molecule has 3 rings (SSSR count). The van der Waals surface area contributed by atoms with Crippen LogP contribution >= 0.6 is 0 Å². The second kappa shape index (κ2) is 4.72. The van der Waals surface area contributed by atoms with E-state index in [9.17, 15) is 9.59 Å². The Morgan fingerprint density at radius 3 is 2.90 bits per heavy atom. The Kier molecular flexibility index (Phi) is 3.12. The summed E-state index contributed by atoms with van der Waals surface area (Å²) >= 11 is 0. The van der Waals surface area contributed by atoms with Gasteiger partial charge in [-0.25, -0.2) is 0 Å². The van der Waals surface area contributed by atoms with Crippen molar-refractivity contribution in [2.24, 2.45) is 5.92 Å². The summed E-state index contributed by atoms with van der Waals surface area (Å²) in [5.41, 5.74) is 3.86. The minimum atomic E-state index is -0.512. The first-order valence-corrected chi connectivity index (χ1v) is 7.31. The lowest BCUT2D eigenvalue weighted by Crippen LogP contribution is -2.53. The molecule has 1 amide bonds. The van der Waals surface area contributed by atoms with E-state index in [-0.39, 0.29) is 17.4 Å². The lowest BCUT2D eigenvalue weighted by molar-refractivity contribution is -0.120. The monoisotopic (exact) mass is 284 g/mol. The van der Waals surface area contributed by atoms with Crippen LogP contribution in [0.4, 0.5) is 0 Å². The van der Waals surface area contributed by atoms with Crippen molar-refractivity contribution in [1.82, 2.24) is 10.3 Å². The number of hydrogen-bond donors (Lipinski definition) is 2. The van der Waals surface area contributed by atoms with Gasteiger partial charge in [0.25, 0.3) is 0 Å². The summed E-state index contributed by atoms with van der Waals surface area (Å²) in [6.07, 6.45) is 5.90. The van der Waals surface area contributed by atoms with Crippen molar-refractivity contribution in [1.29, 1.82) is 0 Å². The summed E-state index contributed by atoms with van der Waals surface area (Å²) in [4.78, 5) is 26.4. The molecule has 4 heteroatoms. The zero-order valence-electron chi connectivity index (χ0n) is 12.6. The SMILES string of the molecule is CC=C1C2C=C(C)CC1(NC(C)=O)c1ccc(=O)[nH]c1C2. The standard InChI is InChI=1S/C17H20N2O2/c1-4-13-12-7-10(2)9-17(13,19-11(3)20)14-5-6-16(21)18-15(14)8-12/h4-7,12H,8-9H2,1-3H3,(H,18,21)(H,19,20). The van der Waals surface area contributed by atoms with Gasteiger partial charge >= 0.3 is 0 Å². The molecule has 0 radical (unpaired) electrons. The molecule has 1 heterocycles. The van der Waals surface area contributed by atoms with Gasteiger partial charge in [0.2, 0.25) is 11.5 Å². The zero-order chi connectivity index (χ0) is 15.2. The van der Waals surface area contributed by atoms with Gasteiger partial charge in [0.1, 0.15) is 0 Å². The molecule has 2 aliphatic carbocycles. The van der Waals surface area contributed by atoms with Crippen LogP contribution < -0.4 is 10.9 Å². The Labute approximate surface area is 124 Å². The third-order valence-electron chi connectivity index (χ3n) is 4.51. The molecule has 2 aliphatic rings. The summed E-state index contributed by atoms with van der Waals surface area (Å²) in [6.45, 7) is 5.67. The predicted octanol–water partition coefficient (Wildman–Crippen LogP) is 2.17. The average Bonchev–Trinajstić information content (AvgIpc) is 2.36. The van der Waals surface area contributed by atoms with Crippen molar-refractivity contribution in [3.63, 3.8) is 0 Å². The lowest BCUT2D eigenvalue weighted by Gasteiger charge is -2.47. The van der Waals surface area contributed by atoms with Crippen LogP contribution in [0.2, 0.25) is 0 Å². The van der Waals surface area contributed by atoms with Gasteiger partial charge in [0.05, 0.1) is 5.54 Å². The number of aromatic amines is 1. The highest BCUT2D eigenvalue weighted by atomic mass is 16.1. The Hall–Kier alpha value is -2.10. The van der Waals surface area contributed by atoms with Gasteiger partial charge in [-0.3, -0.25) is 9.59 Å². The normalized spacial score (nSPS) is 28.8. The molecule has 0 aromatic carbocycles. The second-order valence-corrected chi connectivity index (χ2v) is 6.05. The molecule has 0 aliphatic heterocycles. The maximum atomic E-state index is 11.8. The molecule has 110 valence electrons. The first kappa shape index (κ1) is 13.9. The molecule has 0 spiro atoms. The highest BCUT2D eigenvalue weighted by Gasteiger charge is 2.47. The van der Waals surface area contributed by atoms with Crippen molar-refractivity contribution in [2.75, 3.05) is 0 Å². The van der Waals surface area contributed by atoms with Crippen LogP contribution in [0.1, 0.15) is 38.4 Å². The zero-order valence-corrected chi connectivity index (χ0v) is 12.6. The van der Waals surface area contributed by atoms with Gasteiger partial charge in [0, 0.05) is 30.2 Å². The molecule has 2 unspecified atom stereocenters. The highest BCUT2D eigenvalue weighted by Crippen LogP contribution is 2.49. The van der Waals surface area contributed by atoms with Gasteiger partial charge in [0.15, 0.2) is 0 Å². The molecular weight excluding hydrogens is 264 g/mol. The van der Waals surface area contributed by atoms with E-state index in [0.717, 1.165) is 24.1 Å². The second-order valence-electron chi connectivity index (χ2n) is 6.05. The summed E-state index contributed by atoms with van der Waals surface area (Å²) < 4.78 is 0. The van der Waals surface area contributed by atoms with Crippen LogP contribution in [0.3, 0.4) is 0 Å². The molecule has 21 heavy (non-hydrogen) atoms. The number of aromatic nitrogens is 1. The number of pyridine rings is 1. The van der Waals surface area contributed by atoms with Crippen molar-refractivity contribution in [2.45, 2.75) is 39.2 Å². The number of fused-ring (bicyclic) bond motifs is 4. The van der Waals surface area contributed by atoms with E-state index in [1.54, 1.807) is 13.0 Å². The third-order valence-corrected chi connectivity index (χ3v) is 4.51. The predicted molar refractivity (Wildman–Crippen MR) is 81.9 cm³/mol. The largest absolute Gasteiger partial charge is 0.343 e. The Morgan fingerprint density at radius 1 is 1.48 bits per heavy atom. The molecule has 0 fully saturated rings. The van der Waals surface area contributed by atoms with Crippen LogP contribution in [0.25, 0.3) is 0 Å². The Balaban J connectivity index is 2.29. The number of amides is 1. The summed E-state index contributed by atoms with van der Waals surface area (Å²) in [7, 11) is 0. The maximum Gasteiger partial charge on any atom is 0.248 e. The number of rotatable bonds is 1. The van der Waals surface area contributed by atoms with Crippen LogP contribution in [-0.2, 0) is 16.8 Å². The minimum absolute atomic E-state index is 0.0538. The van der Waals surface area contributed by atoms with Crippen molar-refractivity contribution >= 4 is 5.91 Å². The van der Waals surface area contributed by atoms with Crippen molar-refractivity contribution < 1.29 is 4.79 Å². The van der Waals surface area contributed by atoms with Gasteiger partial charge in [-0.2, -0.15) is 0 Å². The van der Waals surface area contributed by atoms with E-state index < -0.39 is 5.54 Å². The maximum absolute atomic E-state index is 11.8. The number of H-pyrrole nitrogens is 1. The summed E-state index contributed by atoms with van der Waals surface area (Å²) in [5.74, 6) is 0.183. The van der Waals surface area contributed by atoms with Gasteiger partial charge in [-0.05, 0) is 38.3 Å². The molecular formula is C17H20N2O2. The molecule has 1 aromatic rings. The smallest absolute Gasteiger partial charge is 0.248 e. The Bertz CT molecular complexity index is 727. The fourth-order valence-electron chi connectivity index (χ4n) is 3.99. The molecule has 2 atom stereocenters. The highest BCUT2D eigenvalue weighted by molar-refractivity contribution is 5.76. The number of hydrogen-bond acceptors (Lipinski definition) is 2. The molecule has 0 saturated carbocycles. The molecule has 2 bridgehead atoms. The topological polar surface area (TPSA) is 62.0 Å². The Morgan fingerprint density at radius 2 is 2.24 bits per heavy atom. The lowest BCUT2D eigenvalue weighted by atomic mass is 9.63. The molecule has 0 saturated heterocycles. The average molecular weight is 284 g/mol. The number of carbonyl (C=O) groups excluding carboxylic acids is 1. The summed E-state index contributed by atoms with van der Waals surface area (Å²) in [5, 5.41) is 3.16. The number of allylic oxidation sites excluding steroid dienone is 2. The first-order valence-electron chi connectivity index (χ1n) is 7.31. The van der Waals surface area contributed by atoms with Crippen LogP contribution in [-0.4, -0.2) is 10.9 Å². The van der Waals surface area contributed by atoms with Crippen LogP contribution in [0, 0.1) is 5.92 Å². The van der Waals surface area contributed by atoms with Crippen molar-refractivity contribution in [3.05, 3.63) is 57.0 Å². The van der Waals surface area contributed by atoms with Gasteiger partial charge < -0.3 is 10.3 Å². The third kappa shape index (κ3) is 2.06. The number of nitrogens with one attached hydrogen (secondary N) is 2. The van der Waals surface area contributed by atoms with E-state index in [1.807, 2.05) is 13.0 Å². The van der Waals surface area contributed by atoms with E-state index in [2.05, 4.69) is 29.4 Å². The van der Waals surface area contributed by atoms with Crippen LogP contribution in [0.5, 0.6) is 0 Å². The van der Waals surface area contributed by atoms with Crippen LogP contribution in [0.15, 0.2) is 40.2 Å². The quantitative estimate of drug-likeness (QED) is 0.776. The van der Waals surface area contributed by atoms with Gasteiger partial charge in [-0.15, -0.1) is 0 Å². The fraction of sp³-hybridized carbons (Fsp3) is 0.412. The fourth-order valence-corrected chi connectivity index (χ4v) is 3.99. The van der Waals surface area contributed by atoms with E-state index in [1.165, 1.54) is 11.1 Å². The summed E-state index contributed by atoms with van der Waals surface area (Å²) in [6, 6.07) is 3.41. The van der Waals surface area contributed by atoms with E-state index >= 15 is 0 Å². The molecule has 2 N–H and O–H groups in total.